The van der Waals surface area contributed by atoms with Crippen molar-refractivity contribution in [2.75, 3.05) is 0 Å². The summed E-state index contributed by atoms with van der Waals surface area (Å²) < 4.78 is 23.8. The maximum atomic E-state index is 13.0. The fourth-order valence-corrected chi connectivity index (χ4v) is 1.53. The van der Waals surface area contributed by atoms with Crippen LogP contribution in [-0.4, -0.2) is 0 Å². The number of benzene rings is 1. The first kappa shape index (κ1) is 11.7. The molecule has 1 heterocycles. The van der Waals surface area contributed by atoms with Crippen molar-refractivity contribution < 1.29 is 13.5 Å². The molecule has 0 amide bonds. The number of ether oxygens (including phenoxy) is 1. The molecule has 0 aliphatic heterocycles. The number of aryl methyl sites for hydroxylation is 1. The number of hydrogen-bond acceptors (Lipinski definition) is 3. The lowest BCUT2D eigenvalue weighted by atomic mass is 10.2. The zero-order chi connectivity index (χ0) is 12.3. The van der Waals surface area contributed by atoms with Gasteiger partial charge < -0.3 is 14.9 Å². The van der Waals surface area contributed by atoms with Gasteiger partial charge in [0.05, 0.1) is 6.26 Å². The molecule has 90 valence electrons. The number of halogens is 1. The molecular weight excluding hydrogens is 221 g/mol. The number of furan rings is 1. The van der Waals surface area contributed by atoms with Gasteiger partial charge in [-0.15, -0.1) is 0 Å². The summed E-state index contributed by atoms with van der Waals surface area (Å²) in [6.07, 6.45) is 1.58. The van der Waals surface area contributed by atoms with Crippen LogP contribution in [0.2, 0.25) is 0 Å². The summed E-state index contributed by atoms with van der Waals surface area (Å²) in [5.74, 6) is 1.08. The minimum absolute atomic E-state index is 0.238. The predicted molar refractivity (Wildman–Crippen MR) is 62.1 cm³/mol. The first-order valence-corrected chi connectivity index (χ1v) is 5.35. The van der Waals surface area contributed by atoms with Crippen LogP contribution in [0.3, 0.4) is 0 Å². The lowest BCUT2D eigenvalue weighted by Crippen LogP contribution is -2.02. The standard InChI is InChI=1S/C13H14FNO2/c1-9-6-11(2-3-12(9)14)17-8-13-10(7-15)4-5-16-13/h2-6H,7-8,15H2,1H3. The van der Waals surface area contributed by atoms with Gasteiger partial charge in [-0.05, 0) is 36.8 Å². The van der Waals surface area contributed by atoms with Crippen molar-refractivity contribution in [2.24, 2.45) is 5.73 Å². The van der Waals surface area contributed by atoms with E-state index in [9.17, 15) is 4.39 Å². The van der Waals surface area contributed by atoms with E-state index in [1.807, 2.05) is 6.07 Å². The summed E-state index contributed by atoms with van der Waals surface area (Å²) in [6, 6.07) is 6.44. The van der Waals surface area contributed by atoms with Gasteiger partial charge in [0, 0.05) is 12.1 Å². The smallest absolute Gasteiger partial charge is 0.146 e. The fourth-order valence-electron chi connectivity index (χ4n) is 1.53. The molecule has 1 aromatic carbocycles. The normalized spacial score (nSPS) is 10.5. The van der Waals surface area contributed by atoms with Crippen LogP contribution in [0.5, 0.6) is 5.75 Å². The van der Waals surface area contributed by atoms with Gasteiger partial charge in [0.2, 0.25) is 0 Å². The third kappa shape index (κ3) is 2.65. The van der Waals surface area contributed by atoms with Gasteiger partial charge in [-0.1, -0.05) is 0 Å². The number of rotatable bonds is 4. The van der Waals surface area contributed by atoms with Crippen LogP contribution < -0.4 is 10.5 Å². The van der Waals surface area contributed by atoms with Crippen LogP contribution in [0.1, 0.15) is 16.9 Å². The SMILES string of the molecule is Cc1cc(OCc2occc2CN)ccc1F. The number of nitrogens with two attached hydrogens (primary N) is 1. The largest absolute Gasteiger partial charge is 0.486 e. The van der Waals surface area contributed by atoms with E-state index in [2.05, 4.69) is 0 Å². The summed E-state index contributed by atoms with van der Waals surface area (Å²) in [6.45, 7) is 2.41. The molecule has 1 aromatic heterocycles. The molecule has 2 N–H and O–H groups in total. The lowest BCUT2D eigenvalue weighted by molar-refractivity contribution is 0.268. The minimum Gasteiger partial charge on any atom is -0.486 e. The third-order valence-corrected chi connectivity index (χ3v) is 2.56. The highest BCUT2D eigenvalue weighted by Crippen LogP contribution is 2.18. The van der Waals surface area contributed by atoms with E-state index in [1.165, 1.54) is 6.07 Å². The molecule has 2 aromatic rings. The topological polar surface area (TPSA) is 48.4 Å². The van der Waals surface area contributed by atoms with Crippen molar-refractivity contribution in [3.8, 4) is 5.75 Å². The van der Waals surface area contributed by atoms with Crippen molar-refractivity contribution in [1.82, 2.24) is 0 Å². The zero-order valence-electron chi connectivity index (χ0n) is 9.57. The van der Waals surface area contributed by atoms with Crippen LogP contribution in [0.4, 0.5) is 4.39 Å². The molecule has 0 aliphatic rings. The van der Waals surface area contributed by atoms with E-state index in [4.69, 9.17) is 14.9 Å². The Morgan fingerprint density at radius 2 is 2.18 bits per heavy atom. The Morgan fingerprint density at radius 3 is 2.88 bits per heavy atom. The van der Waals surface area contributed by atoms with Crippen molar-refractivity contribution >= 4 is 0 Å². The molecule has 3 nitrogen and oxygen atoms in total. The van der Waals surface area contributed by atoms with Gasteiger partial charge in [-0.25, -0.2) is 4.39 Å². The zero-order valence-corrected chi connectivity index (χ0v) is 9.57. The molecule has 0 radical (unpaired) electrons. The molecule has 0 bridgehead atoms. The molecular formula is C13H14FNO2. The fraction of sp³-hybridized carbons (Fsp3) is 0.231. The Morgan fingerprint density at radius 1 is 1.35 bits per heavy atom. The molecule has 0 saturated carbocycles. The summed E-state index contributed by atoms with van der Waals surface area (Å²) in [5.41, 5.74) is 7.02. The molecule has 0 unspecified atom stereocenters. The molecule has 0 spiro atoms. The molecule has 2 rings (SSSR count). The van der Waals surface area contributed by atoms with Crippen molar-refractivity contribution in [3.05, 3.63) is 53.2 Å². The second-order valence-corrected chi connectivity index (χ2v) is 3.77. The van der Waals surface area contributed by atoms with E-state index in [0.29, 0.717) is 30.2 Å². The second kappa shape index (κ2) is 5.01. The van der Waals surface area contributed by atoms with Crippen molar-refractivity contribution in [1.29, 1.82) is 0 Å². The van der Waals surface area contributed by atoms with Gasteiger partial charge in [0.15, 0.2) is 0 Å². The van der Waals surface area contributed by atoms with Gasteiger partial charge in [0.1, 0.15) is 23.9 Å². The highest BCUT2D eigenvalue weighted by Gasteiger charge is 2.06. The Kier molecular flexibility index (Phi) is 3.44. The Hall–Kier alpha value is -1.81. The molecule has 17 heavy (non-hydrogen) atoms. The summed E-state index contributed by atoms with van der Waals surface area (Å²) >= 11 is 0. The first-order valence-electron chi connectivity index (χ1n) is 5.35. The Balaban J connectivity index is 2.05. The van der Waals surface area contributed by atoms with Crippen LogP contribution in [-0.2, 0) is 13.2 Å². The highest BCUT2D eigenvalue weighted by atomic mass is 19.1. The summed E-state index contributed by atoms with van der Waals surface area (Å²) in [5, 5.41) is 0. The van der Waals surface area contributed by atoms with Crippen LogP contribution >= 0.6 is 0 Å². The number of hydrogen-bond donors (Lipinski definition) is 1. The van der Waals surface area contributed by atoms with E-state index >= 15 is 0 Å². The van der Waals surface area contributed by atoms with Gasteiger partial charge in [-0.3, -0.25) is 0 Å². The van der Waals surface area contributed by atoms with E-state index in [1.54, 1.807) is 25.3 Å². The average molecular weight is 235 g/mol. The van der Waals surface area contributed by atoms with Crippen LogP contribution in [0.25, 0.3) is 0 Å². The molecule has 4 heteroatoms. The Bertz CT molecular complexity index is 508. The maximum Gasteiger partial charge on any atom is 0.146 e. The lowest BCUT2D eigenvalue weighted by Gasteiger charge is -2.06. The average Bonchev–Trinajstić information content (AvgIpc) is 2.78. The van der Waals surface area contributed by atoms with E-state index < -0.39 is 0 Å². The van der Waals surface area contributed by atoms with Gasteiger partial charge in [-0.2, -0.15) is 0 Å². The monoisotopic (exact) mass is 235 g/mol. The van der Waals surface area contributed by atoms with Crippen LogP contribution in [0, 0.1) is 12.7 Å². The summed E-state index contributed by atoms with van der Waals surface area (Å²) in [7, 11) is 0. The molecule has 0 fully saturated rings. The minimum atomic E-state index is -0.238. The maximum absolute atomic E-state index is 13.0. The quantitative estimate of drug-likeness (QED) is 0.886. The second-order valence-electron chi connectivity index (χ2n) is 3.77. The molecule has 0 atom stereocenters. The predicted octanol–water partition coefficient (Wildman–Crippen LogP) is 2.76. The van der Waals surface area contributed by atoms with Crippen LogP contribution in [0.15, 0.2) is 34.9 Å². The van der Waals surface area contributed by atoms with Crippen molar-refractivity contribution in [3.63, 3.8) is 0 Å². The first-order chi connectivity index (χ1) is 8.20. The van der Waals surface area contributed by atoms with Gasteiger partial charge >= 0.3 is 0 Å². The van der Waals surface area contributed by atoms with Crippen molar-refractivity contribution in [2.45, 2.75) is 20.1 Å². The Labute approximate surface area is 99.0 Å². The van der Waals surface area contributed by atoms with E-state index in [-0.39, 0.29) is 5.82 Å². The summed E-state index contributed by atoms with van der Waals surface area (Å²) in [4.78, 5) is 0. The molecule has 0 aliphatic carbocycles. The third-order valence-electron chi connectivity index (χ3n) is 2.56. The van der Waals surface area contributed by atoms with E-state index in [0.717, 1.165) is 5.56 Å². The molecule has 0 saturated heterocycles. The highest BCUT2D eigenvalue weighted by molar-refractivity contribution is 5.29. The van der Waals surface area contributed by atoms with Gasteiger partial charge in [0.25, 0.3) is 0 Å².